The van der Waals surface area contributed by atoms with Crippen LogP contribution in [0.2, 0.25) is 10.3 Å². The summed E-state index contributed by atoms with van der Waals surface area (Å²) in [6.07, 6.45) is 2.71. The van der Waals surface area contributed by atoms with E-state index in [1.54, 1.807) is 24.3 Å². The Morgan fingerprint density at radius 1 is 0.458 bits per heavy atom. The third-order valence-corrected chi connectivity index (χ3v) is 8.99. The standard InChI is InChI=1S/2C18H9BrClFN2O/c19-12-5-1-11(2-6-12)16-14(10-3-7-13(21)8-4-10)15-17(20)22-9-23-18(15)24-16;19-12-5-1-10(2-6-12)14-15-17(20)22-9-23-18(15)24-16(14)11-3-7-13(21)8-4-11/h2*1-9H. The fourth-order valence-corrected chi connectivity index (χ4v) is 6.16. The Morgan fingerprint density at radius 2 is 0.792 bits per heavy atom. The zero-order chi connectivity index (χ0) is 33.4. The summed E-state index contributed by atoms with van der Waals surface area (Å²) in [5, 5.41) is 1.87. The molecule has 0 saturated heterocycles. The zero-order valence-electron chi connectivity index (χ0n) is 24.3. The quantitative estimate of drug-likeness (QED) is 0.165. The fourth-order valence-electron chi connectivity index (χ4n) is 5.19. The van der Waals surface area contributed by atoms with E-state index in [-0.39, 0.29) is 11.6 Å². The topological polar surface area (TPSA) is 77.8 Å². The van der Waals surface area contributed by atoms with Gasteiger partial charge in [0.1, 0.15) is 46.1 Å². The Bertz CT molecular complexity index is 2230. The van der Waals surface area contributed by atoms with Gasteiger partial charge in [0, 0.05) is 31.2 Å². The maximum atomic E-state index is 13.3. The molecule has 0 unspecified atom stereocenters. The molecular formula is C36H18Br2Cl2F2N4O2. The van der Waals surface area contributed by atoms with E-state index in [2.05, 4.69) is 51.8 Å². The highest BCUT2D eigenvalue weighted by molar-refractivity contribution is 9.10. The van der Waals surface area contributed by atoms with Crippen molar-refractivity contribution in [2.45, 2.75) is 0 Å². The van der Waals surface area contributed by atoms with Crippen molar-refractivity contribution >= 4 is 77.3 Å². The highest BCUT2D eigenvalue weighted by Gasteiger charge is 2.23. The third kappa shape index (κ3) is 6.36. The monoisotopic (exact) mass is 804 g/mol. The van der Waals surface area contributed by atoms with E-state index in [1.165, 1.54) is 36.9 Å². The van der Waals surface area contributed by atoms with Crippen molar-refractivity contribution in [2.24, 2.45) is 0 Å². The minimum Gasteiger partial charge on any atom is -0.437 e. The summed E-state index contributed by atoms with van der Waals surface area (Å²) in [4.78, 5) is 16.4. The molecule has 0 bridgehead atoms. The normalized spacial score (nSPS) is 11.1. The number of fused-ring (bicyclic) bond motifs is 2. The van der Waals surface area contributed by atoms with Gasteiger partial charge in [0.2, 0.25) is 11.4 Å². The first kappa shape index (κ1) is 32.1. The molecule has 0 N–H and O–H groups in total. The molecule has 8 rings (SSSR count). The van der Waals surface area contributed by atoms with Crippen LogP contribution in [-0.2, 0) is 0 Å². The van der Waals surface area contributed by atoms with Crippen molar-refractivity contribution in [1.82, 2.24) is 19.9 Å². The first-order valence-corrected chi connectivity index (χ1v) is 16.5. The van der Waals surface area contributed by atoms with E-state index in [0.29, 0.717) is 44.0 Å². The van der Waals surface area contributed by atoms with E-state index in [9.17, 15) is 8.78 Å². The van der Waals surface area contributed by atoms with Gasteiger partial charge < -0.3 is 8.83 Å². The van der Waals surface area contributed by atoms with Crippen molar-refractivity contribution in [1.29, 1.82) is 0 Å². The second-order valence-electron chi connectivity index (χ2n) is 10.3. The molecule has 0 radical (unpaired) electrons. The molecule has 0 saturated carbocycles. The van der Waals surface area contributed by atoms with E-state index in [0.717, 1.165) is 42.3 Å². The van der Waals surface area contributed by atoms with Crippen LogP contribution in [0.4, 0.5) is 8.78 Å². The Hall–Kier alpha value is -4.48. The van der Waals surface area contributed by atoms with Crippen LogP contribution in [0.25, 0.3) is 67.1 Å². The molecule has 12 heteroatoms. The molecule has 0 fully saturated rings. The number of hydrogen-bond acceptors (Lipinski definition) is 6. The number of furan rings is 2. The van der Waals surface area contributed by atoms with Crippen LogP contribution in [0.1, 0.15) is 0 Å². The number of benzene rings is 4. The van der Waals surface area contributed by atoms with Gasteiger partial charge in [-0.2, -0.15) is 0 Å². The lowest BCUT2D eigenvalue weighted by atomic mass is 10.00. The summed E-state index contributed by atoms with van der Waals surface area (Å²) in [6.45, 7) is 0. The van der Waals surface area contributed by atoms with Gasteiger partial charge in [-0.25, -0.2) is 28.7 Å². The summed E-state index contributed by atoms with van der Waals surface area (Å²) in [7, 11) is 0. The van der Waals surface area contributed by atoms with Crippen molar-refractivity contribution in [3.8, 4) is 44.9 Å². The first-order chi connectivity index (χ1) is 23.3. The van der Waals surface area contributed by atoms with E-state index < -0.39 is 0 Å². The summed E-state index contributed by atoms with van der Waals surface area (Å²) in [5.41, 5.74) is 5.62. The Balaban J connectivity index is 0.000000152. The molecule has 8 aromatic rings. The van der Waals surface area contributed by atoms with E-state index in [1.807, 2.05) is 48.5 Å². The number of nitrogens with zero attached hydrogens (tertiary/aromatic N) is 4. The molecule has 0 aliphatic carbocycles. The molecule has 6 nitrogen and oxygen atoms in total. The predicted molar refractivity (Wildman–Crippen MR) is 191 cm³/mol. The average molecular weight is 807 g/mol. The van der Waals surface area contributed by atoms with Crippen LogP contribution < -0.4 is 0 Å². The van der Waals surface area contributed by atoms with E-state index >= 15 is 0 Å². The second kappa shape index (κ2) is 13.6. The summed E-state index contributed by atoms with van der Waals surface area (Å²) in [6, 6.07) is 27.7. The van der Waals surface area contributed by atoms with Crippen LogP contribution >= 0.6 is 55.1 Å². The number of hydrogen-bond donors (Lipinski definition) is 0. The maximum absolute atomic E-state index is 13.3. The van der Waals surface area contributed by atoms with Gasteiger partial charge in [-0.3, -0.25) is 0 Å². The largest absolute Gasteiger partial charge is 0.437 e. The van der Waals surface area contributed by atoms with Crippen molar-refractivity contribution in [3.05, 3.63) is 141 Å². The van der Waals surface area contributed by atoms with Crippen molar-refractivity contribution in [2.75, 3.05) is 0 Å². The summed E-state index contributed by atoms with van der Waals surface area (Å²) < 4.78 is 40.4. The van der Waals surface area contributed by atoms with Gasteiger partial charge in [0.25, 0.3) is 0 Å². The molecule has 236 valence electrons. The van der Waals surface area contributed by atoms with Gasteiger partial charge in [0.15, 0.2) is 0 Å². The van der Waals surface area contributed by atoms with Crippen LogP contribution in [0, 0.1) is 11.6 Å². The first-order valence-electron chi connectivity index (χ1n) is 14.2. The molecule has 4 aromatic heterocycles. The van der Waals surface area contributed by atoms with Crippen LogP contribution in [0.5, 0.6) is 0 Å². The average Bonchev–Trinajstić information content (AvgIpc) is 3.68. The smallest absolute Gasteiger partial charge is 0.231 e. The SMILES string of the molecule is Fc1ccc(-c2c(-c3ccc(Br)cc3)oc3ncnc(Cl)c23)cc1.Fc1ccc(-c2oc3ncnc(Cl)c3c2-c2ccc(Br)cc2)cc1. The van der Waals surface area contributed by atoms with Gasteiger partial charge in [-0.1, -0.05) is 91.5 Å². The zero-order valence-corrected chi connectivity index (χ0v) is 28.9. The molecule has 0 spiro atoms. The number of aromatic nitrogens is 4. The van der Waals surface area contributed by atoms with Crippen molar-refractivity contribution in [3.63, 3.8) is 0 Å². The second-order valence-corrected chi connectivity index (χ2v) is 12.9. The fraction of sp³-hybridized carbons (Fsp3) is 0. The Labute approximate surface area is 298 Å². The van der Waals surface area contributed by atoms with Gasteiger partial charge in [-0.05, 0) is 71.8 Å². The molecule has 0 amide bonds. The minimum atomic E-state index is -0.308. The van der Waals surface area contributed by atoms with E-state index in [4.69, 9.17) is 32.0 Å². The lowest BCUT2D eigenvalue weighted by Crippen LogP contribution is -1.84. The van der Waals surface area contributed by atoms with Crippen LogP contribution in [-0.4, -0.2) is 19.9 Å². The molecule has 4 heterocycles. The minimum absolute atomic E-state index is 0.298. The number of rotatable bonds is 4. The van der Waals surface area contributed by atoms with Crippen LogP contribution in [0.15, 0.2) is 127 Å². The highest BCUT2D eigenvalue weighted by atomic mass is 79.9. The summed E-state index contributed by atoms with van der Waals surface area (Å²) in [5.74, 6) is 0.582. The molecule has 0 aliphatic heterocycles. The molecule has 48 heavy (non-hydrogen) atoms. The van der Waals surface area contributed by atoms with Gasteiger partial charge in [-0.15, -0.1) is 0 Å². The molecule has 4 aromatic carbocycles. The third-order valence-electron chi connectivity index (χ3n) is 7.36. The lowest BCUT2D eigenvalue weighted by Gasteiger charge is -2.04. The summed E-state index contributed by atoms with van der Waals surface area (Å²) >= 11 is 19.4. The maximum Gasteiger partial charge on any atom is 0.231 e. The van der Waals surface area contributed by atoms with Crippen molar-refractivity contribution < 1.29 is 17.6 Å². The predicted octanol–water partition coefficient (Wildman–Crippen LogP) is 12.2. The van der Waals surface area contributed by atoms with Crippen LogP contribution in [0.3, 0.4) is 0 Å². The lowest BCUT2D eigenvalue weighted by molar-refractivity contribution is 0.615. The Kier molecular flexibility index (Phi) is 9.07. The molecule has 0 aliphatic rings. The number of halogens is 6. The molecule has 0 atom stereocenters. The highest BCUT2D eigenvalue weighted by Crippen LogP contribution is 2.44. The Morgan fingerprint density at radius 3 is 1.19 bits per heavy atom. The van der Waals surface area contributed by atoms with Gasteiger partial charge in [0.05, 0.1) is 10.8 Å². The van der Waals surface area contributed by atoms with Gasteiger partial charge >= 0.3 is 0 Å². The molecular weight excluding hydrogens is 789 g/mol.